The third-order valence-corrected chi connectivity index (χ3v) is 7.71. The van der Waals surface area contributed by atoms with Gasteiger partial charge in [0.15, 0.2) is 11.9 Å². The molecule has 3 heterocycles. The number of methoxy groups -OCH3 is 1. The van der Waals surface area contributed by atoms with E-state index in [9.17, 15) is 14.7 Å². The van der Waals surface area contributed by atoms with E-state index in [1.165, 1.54) is 0 Å². The Labute approximate surface area is 189 Å². The quantitative estimate of drug-likeness (QED) is 0.512. The van der Waals surface area contributed by atoms with Gasteiger partial charge in [-0.1, -0.05) is 19.9 Å². The highest BCUT2D eigenvalue weighted by Crippen LogP contribution is 2.53. The highest BCUT2D eigenvalue weighted by molar-refractivity contribution is 5.81. The maximum atomic E-state index is 12.8. The lowest BCUT2D eigenvalue weighted by Gasteiger charge is -2.41. The van der Waals surface area contributed by atoms with Crippen molar-refractivity contribution < 1.29 is 33.6 Å². The average molecular weight is 447 g/mol. The van der Waals surface area contributed by atoms with Crippen LogP contribution in [0.1, 0.15) is 60.8 Å². The highest BCUT2D eigenvalue weighted by Gasteiger charge is 2.63. The molecule has 4 aliphatic rings. The van der Waals surface area contributed by atoms with Crippen LogP contribution in [-0.2, 0) is 28.5 Å². The molecule has 7 heteroatoms. The summed E-state index contributed by atoms with van der Waals surface area (Å²) in [5, 5.41) is 10.6. The molecule has 1 aliphatic carbocycles. The molecule has 0 aromatic rings. The van der Waals surface area contributed by atoms with Gasteiger partial charge >= 0.3 is 11.9 Å². The topological polar surface area (TPSA) is 91.3 Å². The first-order valence-electron chi connectivity index (χ1n) is 11.4. The van der Waals surface area contributed by atoms with Gasteiger partial charge in [-0.05, 0) is 75.2 Å². The summed E-state index contributed by atoms with van der Waals surface area (Å²) in [6, 6.07) is 0. The zero-order valence-corrected chi connectivity index (χ0v) is 20.0. The smallest absolute Gasteiger partial charge is 0.340 e. The summed E-state index contributed by atoms with van der Waals surface area (Å²) < 4.78 is 23.6. The summed E-state index contributed by atoms with van der Waals surface area (Å²) in [5.74, 6) is -2.18. The van der Waals surface area contributed by atoms with E-state index < -0.39 is 29.4 Å². The first-order valence-corrected chi connectivity index (χ1v) is 11.4. The van der Waals surface area contributed by atoms with Crippen LogP contribution >= 0.6 is 0 Å². The Bertz CT molecular complexity index is 942. The van der Waals surface area contributed by atoms with Crippen LogP contribution in [0.2, 0.25) is 0 Å². The number of ether oxygens (including phenoxy) is 4. The van der Waals surface area contributed by atoms with E-state index in [4.69, 9.17) is 18.9 Å². The van der Waals surface area contributed by atoms with Gasteiger partial charge in [0.05, 0.1) is 12.0 Å². The number of carbonyl (C=O) groups is 2. The van der Waals surface area contributed by atoms with Gasteiger partial charge in [-0.2, -0.15) is 0 Å². The number of carbonyl (C=O) groups excluding carboxylic acids is 2. The van der Waals surface area contributed by atoms with Gasteiger partial charge < -0.3 is 24.1 Å². The van der Waals surface area contributed by atoms with E-state index in [-0.39, 0.29) is 23.9 Å². The SMILES string of the molecule is CO[C@]1(C)O[C@H]2C(C)=CCC3=C(C(C)C)[C@@H](O)C(=O)O[C@@]3(C)CCC(C)=C3OC(=O)[C@H]1[C@@H]32. The van der Waals surface area contributed by atoms with E-state index in [1.54, 1.807) is 14.0 Å². The fraction of sp³-hybridized carbons (Fsp3) is 0.680. The van der Waals surface area contributed by atoms with Crippen molar-refractivity contribution in [3.8, 4) is 0 Å². The molecule has 1 N–H and O–H groups in total. The fourth-order valence-electron chi connectivity index (χ4n) is 5.78. The standard InChI is InChI=1S/C25H34O7/c1-12(2)16-15-9-8-13(3)21-17-18(25(6,29-7)31-21)22(27)30-20(17)14(4)10-11-24(15,5)32-23(28)19(16)26/h8,12,17-19,21,26H,9-11H2,1-7H3/t17-,18+,19+,21-,24-,25+/m0/s1. The van der Waals surface area contributed by atoms with Gasteiger partial charge in [0.2, 0.25) is 0 Å². The van der Waals surface area contributed by atoms with Crippen LogP contribution in [0.4, 0.5) is 0 Å². The number of allylic oxidation sites excluding steroid dienone is 2. The van der Waals surface area contributed by atoms with Crippen molar-refractivity contribution in [3.05, 3.63) is 34.1 Å². The van der Waals surface area contributed by atoms with E-state index >= 15 is 0 Å². The summed E-state index contributed by atoms with van der Waals surface area (Å²) in [6.07, 6.45) is 2.07. The minimum Gasteiger partial charge on any atom is -0.453 e. The van der Waals surface area contributed by atoms with E-state index in [0.29, 0.717) is 25.0 Å². The maximum absolute atomic E-state index is 12.8. The minimum absolute atomic E-state index is 0.00492. The second-order valence-electron chi connectivity index (χ2n) is 10.1. The van der Waals surface area contributed by atoms with Gasteiger partial charge in [-0.25, -0.2) is 4.79 Å². The number of esters is 2. The van der Waals surface area contributed by atoms with Gasteiger partial charge in [0, 0.05) is 7.11 Å². The van der Waals surface area contributed by atoms with Gasteiger partial charge in [-0.3, -0.25) is 4.79 Å². The normalized spacial score (nSPS) is 40.0. The molecule has 0 bridgehead atoms. The number of aliphatic hydroxyl groups excluding tert-OH is 1. The van der Waals surface area contributed by atoms with Crippen LogP contribution in [0.3, 0.4) is 0 Å². The van der Waals surface area contributed by atoms with Gasteiger partial charge in [0.1, 0.15) is 17.3 Å². The molecule has 2 fully saturated rings. The first kappa shape index (κ1) is 23.2. The molecule has 176 valence electrons. The van der Waals surface area contributed by atoms with Crippen LogP contribution in [-0.4, -0.2) is 47.8 Å². The van der Waals surface area contributed by atoms with Crippen LogP contribution in [0.15, 0.2) is 34.1 Å². The zero-order valence-electron chi connectivity index (χ0n) is 20.0. The van der Waals surface area contributed by atoms with Crippen molar-refractivity contribution in [2.75, 3.05) is 7.11 Å². The summed E-state index contributed by atoms with van der Waals surface area (Å²) in [7, 11) is 1.55. The van der Waals surface area contributed by atoms with Crippen LogP contribution in [0.5, 0.6) is 0 Å². The van der Waals surface area contributed by atoms with Gasteiger partial charge in [0.25, 0.3) is 0 Å². The molecule has 32 heavy (non-hydrogen) atoms. The molecule has 0 aromatic heterocycles. The predicted octanol–water partition coefficient (Wildman–Crippen LogP) is 3.57. The highest BCUT2D eigenvalue weighted by atomic mass is 16.7. The first-order chi connectivity index (χ1) is 14.9. The Hall–Kier alpha value is -1.96. The summed E-state index contributed by atoms with van der Waals surface area (Å²) >= 11 is 0. The van der Waals surface area contributed by atoms with Gasteiger partial charge in [-0.15, -0.1) is 0 Å². The van der Waals surface area contributed by atoms with Crippen LogP contribution in [0, 0.1) is 17.8 Å². The van der Waals surface area contributed by atoms with Crippen molar-refractivity contribution in [1.29, 1.82) is 0 Å². The van der Waals surface area contributed by atoms with E-state index in [0.717, 1.165) is 22.3 Å². The second kappa shape index (κ2) is 7.82. The minimum atomic E-state index is -1.25. The Morgan fingerprint density at radius 1 is 1.19 bits per heavy atom. The number of hydrogen-bond acceptors (Lipinski definition) is 7. The van der Waals surface area contributed by atoms with Crippen molar-refractivity contribution in [1.82, 2.24) is 0 Å². The summed E-state index contributed by atoms with van der Waals surface area (Å²) in [5.41, 5.74) is 2.71. The van der Waals surface area contributed by atoms with Crippen molar-refractivity contribution in [3.63, 3.8) is 0 Å². The molecule has 4 rings (SSSR count). The molecule has 0 unspecified atom stereocenters. The molecule has 0 radical (unpaired) electrons. The number of fused-ring (bicyclic) bond motifs is 1. The van der Waals surface area contributed by atoms with Crippen molar-refractivity contribution >= 4 is 11.9 Å². The van der Waals surface area contributed by atoms with E-state index in [2.05, 4.69) is 6.08 Å². The van der Waals surface area contributed by atoms with Crippen LogP contribution in [0.25, 0.3) is 0 Å². The van der Waals surface area contributed by atoms with E-state index in [1.807, 2.05) is 34.6 Å². The molecule has 0 spiro atoms. The molecule has 7 nitrogen and oxygen atoms in total. The lowest BCUT2D eigenvalue weighted by molar-refractivity contribution is -0.217. The molecule has 6 atom stereocenters. The predicted molar refractivity (Wildman–Crippen MR) is 116 cm³/mol. The Balaban J connectivity index is 1.87. The molecule has 0 aromatic carbocycles. The molecule has 0 amide bonds. The average Bonchev–Trinajstić information content (AvgIpc) is 3.23. The molecular formula is C25H34O7. The lowest BCUT2D eigenvalue weighted by Crippen LogP contribution is -2.46. The molecule has 3 aliphatic heterocycles. The second-order valence-corrected chi connectivity index (χ2v) is 10.1. The summed E-state index contributed by atoms with van der Waals surface area (Å²) in [4.78, 5) is 25.4. The maximum Gasteiger partial charge on any atom is 0.340 e. The van der Waals surface area contributed by atoms with Crippen LogP contribution < -0.4 is 0 Å². The number of aliphatic hydroxyl groups is 1. The third kappa shape index (κ3) is 3.37. The number of rotatable bonds is 2. The molecular weight excluding hydrogens is 412 g/mol. The Morgan fingerprint density at radius 2 is 1.88 bits per heavy atom. The lowest BCUT2D eigenvalue weighted by atomic mass is 9.77. The fourth-order valence-corrected chi connectivity index (χ4v) is 5.78. The molecule has 0 saturated carbocycles. The summed E-state index contributed by atoms with van der Waals surface area (Å²) in [6.45, 7) is 11.6. The largest absolute Gasteiger partial charge is 0.453 e. The van der Waals surface area contributed by atoms with Crippen molar-refractivity contribution in [2.45, 2.75) is 84.4 Å². The Morgan fingerprint density at radius 3 is 2.50 bits per heavy atom. The number of hydrogen-bond donors (Lipinski definition) is 1. The Kier molecular flexibility index (Phi) is 5.67. The monoisotopic (exact) mass is 446 g/mol. The third-order valence-electron chi connectivity index (χ3n) is 7.71. The molecule has 2 saturated heterocycles. The van der Waals surface area contributed by atoms with Crippen molar-refractivity contribution in [2.24, 2.45) is 17.8 Å². The zero-order chi connectivity index (χ0) is 23.6.